The van der Waals surface area contributed by atoms with E-state index in [1.807, 2.05) is 0 Å². The van der Waals surface area contributed by atoms with Crippen molar-refractivity contribution in [1.82, 2.24) is 0 Å². The number of aliphatic carboxylic acids is 2. The number of carbonyl (C=O) groups is 2. The molecule has 0 aromatic rings. The van der Waals surface area contributed by atoms with Gasteiger partial charge in [0.25, 0.3) is 0 Å². The van der Waals surface area contributed by atoms with Gasteiger partial charge in [-0.2, -0.15) is 0 Å². The average molecular weight is 242 g/mol. The predicted molar refractivity (Wildman–Crippen MR) is 42.6 cm³/mol. The summed E-state index contributed by atoms with van der Waals surface area (Å²) in [6.07, 6.45) is 0. The Kier molecular flexibility index (Phi) is 13.3. The normalized spacial score (nSPS) is 12.6. The van der Waals surface area contributed by atoms with Gasteiger partial charge in [0.15, 0.2) is 0 Å². The van der Waals surface area contributed by atoms with E-state index in [0.29, 0.717) is 0 Å². The van der Waals surface area contributed by atoms with Crippen molar-refractivity contribution in [3.63, 3.8) is 0 Å². The van der Waals surface area contributed by atoms with Crippen LogP contribution in [0.1, 0.15) is 13.8 Å². The van der Waals surface area contributed by atoms with Gasteiger partial charge in [0.05, 0.1) is 0 Å². The molecule has 13 heavy (non-hydrogen) atoms. The fraction of sp³-hybridized carbons (Fsp3) is 0.667. The van der Waals surface area contributed by atoms with E-state index in [0.717, 1.165) is 0 Å². The number of carboxylic acids is 2. The van der Waals surface area contributed by atoms with Crippen LogP contribution >= 0.6 is 0 Å². The molecule has 0 saturated heterocycles. The molecule has 6 N–H and O–H groups in total. The first kappa shape index (κ1) is 18.2. The molecule has 0 aliphatic carbocycles. The Labute approximate surface area is 86.8 Å². The van der Waals surface area contributed by atoms with Gasteiger partial charge < -0.3 is 21.7 Å². The van der Waals surface area contributed by atoms with Gasteiger partial charge in [-0.3, -0.25) is 9.59 Å². The molecule has 0 amide bonds. The number of rotatable bonds is 2. The van der Waals surface area contributed by atoms with Crippen molar-refractivity contribution in [2.75, 3.05) is 0 Å². The molecule has 0 aliphatic heterocycles. The molecular weight excluding hydrogens is 228 g/mol. The van der Waals surface area contributed by atoms with Crippen molar-refractivity contribution in [2.24, 2.45) is 11.5 Å². The Balaban J connectivity index is -0.000000143. The van der Waals surface area contributed by atoms with Crippen LogP contribution in [-0.2, 0) is 26.7 Å². The molecule has 1 radical (unpaired) electrons. The van der Waals surface area contributed by atoms with E-state index in [-0.39, 0.29) is 17.1 Å². The Morgan fingerprint density at radius 3 is 1.08 bits per heavy atom. The van der Waals surface area contributed by atoms with Gasteiger partial charge in [0.1, 0.15) is 12.1 Å². The Hall–Kier alpha value is -0.621. The zero-order valence-electron chi connectivity index (χ0n) is 7.32. The second-order valence-electron chi connectivity index (χ2n) is 2.25. The smallest absolute Gasteiger partial charge is 0.320 e. The van der Waals surface area contributed by atoms with Crippen LogP contribution in [0.2, 0.25) is 0 Å². The van der Waals surface area contributed by atoms with Crippen LogP contribution in [-0.4, -0.2) is 34.2 Å². The van der Waals surface area contributed by atoms with Gasteiger partial charge in [-0.1, -0.05) is 0 Å². The fourth-order valence-corrected chi connectivity index (χ4v) is 0. The Bertz CT molecular complexity index is 143. The summed E-state index contributed by atoms with van der Waals surface area (Å²) in [5, 5.41) is 15.7. The summed E-state index contributed by atoms with van der Waals surface area (Å²) < 4.78 is 0. The van der Waals surface area contributed by atoms with Gasteiger partial charge in [-0.05, 0) is 13.8 Å². The van der Waals surface area contributed by atoms with Crippen molar-refractivity contribution >= 4 is 11.9 Å². The number of hydrogen-bond acceptors (Lipinski definition) is 4. The summed E-state index contributed by atoms with van der Waals surface area (Å²) >= 11 is 0. The van der Waals surface area contributed by atoms with Crippen LogP contribution in [0.3, 0.4) is 0 Å². The third kappa shape index (κ3) is 18.4. The van der Waals surface area contributed by atoms with Crippen LogP contribution in [0.5, 0.6) is 0 Å². The summed E-state index contributed by atoms with van der Waals surface area (Å²) in [6.45, 7) is 2.84. The zero-order chi connectivity index (χ0) is 10.3. The van der Waals surface area contributed by atoms with E-state index in [2.05, 4.69) is 0 Å². The van der Waals surface area contributed by atoms with Crippen LogP contribution in [0.15, 0.2) is 0 Å². The molecule has 0 unspecified atom stereocenters. The maximum absolute atomic E-state index is 9.57. The topological polar surface area (TPSA) is 127 Å². The molecule has 6 nitrogen and oxygen atoms in total. The van der Waals surface area contributed by atoms with Crippen molar-refractivity contribution in [3.05, 3.63) is 0 Å². The summed E-state index contributed by atoms with van der Waals surface area (Å²) in [5.74, 6) is -1.93. The molecule has 83 valence electrons. The minimum atomic E-state index is -0.963. The van der Waals surface area contributed by atoms with Gasteiger partial charge in [-0.15, -0.1) is 0 Å². The van der Waals surface area contributed by atoms with Crippen LogP contribution < -0.4 is 11.5 Å². The quantitative estimate of drug-likeness (QED) is 0.452. The zero-order valence-corrected chi connectivity index (χ0v) is 8.26. The third-order valence-corrected chi connectivity index (χ3v) is 0.779. The maximum atomic E-state index is 9.57. The van der Waals surface area contributed by atoms with E-state index >= 15 is 0 Å². The first-order valence-corrected chi connectivity index (χ1v) is 3.25. The molecule has 0 saturated carbocycles. The minimum Gasteiger partial charge on any atom is -0.480 e. The van der Waals surface area contributed by atoms with Gasteiger partial charge >= 0.3 is 11.9 Å². The molecule has 7 heteroatoms. The van der Waals surface area contributed by atoms with Crippen molar-refractivity contribution < 1.29 is 36.9 Å². The summed E-state index contributed by atoms with van der Waals surface area (Å²) in [4.78, 5) is 19.1. The average Bonchev–Trinajstić information content (AvgIpc) is 1.88. The summed E-state index contributed by atoms with van der Waals surface area (Å²) in [7, 11) is 0. The first-order chi connectivity index (χ1) is 5.29. The maximum Gasteiger partial charge on any atom is 0.320 e. The first-order valence-electron chi connectivity index (χ1n) is 3.25. The minimum absolute atomic E-state index is 0. The number of nitrogens with two attached hydrogens (primary N) is 2. The molecule has 0 aromatic heterocycles. The Morgan fingerprint density at radius 1 is 1.00 bits per heavy atom. The molecule has 2 atom stereocenters. The predicted octanol–water partition coefficient (Wildman–Crippen LogP) is -1.17. The summed E-state index contributed by atoms with van der Waals surface area (Å²) in [5.41, 5.74) is 9.67. The van der Waals surface area contributed by atoms with Crippen LogP contribution in [0.4, 0.5) is 0 Å². The summed E-state index contributed by atoms with van der Waals surface area (Å²) in [6, 6.07) is -1.46. The van der Waals surface area contributed by atoms with Crippen LogP contribution in [0, 0.1) is 0 Å². The third-order valence-electron chi connectivity index (χ3n) is 0.779. The SMILES string of the molecule is C[C@H](N)C(=O)O.C[C@H](N)C(=O)O.[Cu]. The van der Waals surface area contributed by atoms with Crippen LogP contribution in [0.25, 0.3) is 0 Å². The second kappa shape index (κ2) is 9.47. The second-order valence-corrected chi connectivity index (χ2v) is 2.25. The van der Waals surface area contributed by atoms with E-state index in [9.17, 15) is 9.59 Å². The van der Waals surface area contributed by atoms with E-state index in [4.69, 9.17) is 21.7 Å². The molecule has 0 aromatic carbocycles. The number of carboxylic acid groups (broad SMARTS) is 2. The molecule has 0 spiro atoms. The van der Waals surface area contributed by atoms with E-state index in [1.165, 1.54) is 13.8 Å². The standard InChI is InChI=1S/2C3H7NO2.Cu/c2*1-2(4)3(5)6;/h2*2H,4H2,1H3,(H,5,6);/t2*2-;/m00./s1. The fourth-order valence-electron chi connectivity index (χ4n) is 0. The molecular formula is C6H14CuN2O4. The molecule has 0 aliphatic rings. The molecule has 0 rings (SSSR count). The van der Waals surface area contributed by atoms with Crippen molar-refractivity contribution in [2.45, 2.75) is 25.9 Å². The van der Waals surface area contributed by atoms with E-state index in [1.54, 1.807) is 0 Å². The van der Waals surface area contributed by atoms with Crippen molar-refractivity contribution in [1.29, 1.82) is 0 Å². The van der Waals surface area contributed by atoms with Gasteiger partial charge in [-0.25, -0.2) is 0 Å². The molecule has 0 heterocycles. The molecule has 0 fully saturated rings. The monoisotopic (exact) mass is 241 g/mol. The van der Waals surface area contributed by atoms with E-state index < -0.39 is 24.0 Å². The van der Waals surface area contributed by atoms with Crippen molar-refractivity contribution in [3.8, 4) is 0 Å². The largest absolute Gasteiger partial charge is 0.480 e. The van der Waals surface area contributed by atoms with Gasteiger partial charge in [0.2, 0.25) is 0 Å². The Morgan fingerprint density at radius 2 is 1.08 bits per heavy atom. The number of hydrogen-bond donors (Lipinski definition) is 4. The molecule has 0 bridgehead atoms. The van der Waals surface area contributed by atoms with Gasteiger partial charge in [0, 0.05) is 17.1 Å².